The number of aromatic nitrogens is 4. The van der Waals surface area contributed by atoms with Gasteiger partial charge in [-0.15, -0.1) is 0 Å². The number of carbonyl (C=O) groups is 2. The Morgan fingerprint density at radius 1 is 1.16 bits per heavy atom. The SMILES string of the molecule is Cc1ccc(Cn2ccc(NC(=O)c3ccnn3CC(=O)O)n2)cc1. The summed E-state index contributed by atoms with van der Waals surface area (Å²) in [6.07, 6.45) is 3.15. The highest BCUT2D eigenvalue weighted by molar-refractivity contribution is 6.02. The van der Waals surface area contributed by atoms with Crippen LogP contribution in [0.4, 0.5) is 5.82 Å². The molecule has 0 atom stereocenters. The number of rotatable bonds is 6. The van der Waals surface area contributed by atoms with E-state index in [1.54, 1.807) is 16.9 Å². The fourth-order valence-electron chi connectivity index (χ4n) is 2.36. The number of aliphatic carboxylic acids is 1. The number of hydrogen-bond acceptors (Lipinski definition) is 4. The molecule has 128 valence electrons. The molecule has 0 aliphatic carbocycles. The zero-order valence-corrected chi connectivity index (χ0v) is 13.6. The summed E-state index contributed by atoms with van der Waals surface area (Å²) in [5, 5.41) is 19.6. The molecule has 2 heterocycles. The van der Waals surface area contributed by atoms with Crippen LogP contribution in [0, 0.1) is 6.92 Å². The maximum Gasteiger partial charge on any atom is 0.325 e. The average Bonchev–Trinajstić information content (AvgIpc) is 3.18. The maximum atomic E-state index is 12.3. The second-order valence-corrected chi connectivity index (χ2v) is 5.61. The number of anilines is 1. The van der Waals surface area contributed by atoms with Gasteiger partial charge in [-0.2, -0.15) is 10.2 Å². The van der Waals surface area contributed by atoms with Crippen molar-refractivity contribution in [3.63, 3.8) is 0 Å². The summed E-state index contributed by atoms with van der Waals surface area (Å²) in [4.78, 5) is 23.1. The normalized spacial score (nSPS) is 10.6. The number of hydrogen-bond donors (Lipinski definition) is 2. The predicted molar refractivity (Wildman–Crippen MR) is 90.3 cm³/mol. The lowest BCUT2D eigenvalue weighted by molar-refractivity contribution is -0.137. The zero-order chi connectivity index (χ0) is 17.8. The first-order chi connectivity index (χ1) is 12.0. The van der Waals surface area contributed by atoms with E-state index in [1.165, 1.54) is 17.8 Å². The second kappa shape index (κ2) is 7.00. The van der Waals surface area contributed by atoms with E-state index in [0.29, 0.717) is 12.4 Å². The summed E-state index contributed by atoms with van der Waals surface area (Å²) in [5.41, 5.74) is 2.46. The Bertz CT molecular complexity index is 895. The molecule has 1 aromatic carbocycles. The number of nitrogens with zero attached hydrogens (tertiary/aromatic N) is 4. The second-order valence-electron chi connectivity index (χ2n) is 5.61. The van der Waals surface area contributed by atoms with Gasteiger partial charge in [0.2, 0.25) is 0 Å². The third-order valence-corrected chi connectivity index (χ3v) is 3.58. The lowest BCUT2D eigenvalue weighted by Crippen LogP contribution is -2.21. The molecule has 0 aliphatic rings. The molecule has 1 amide bonds. The van der Waals surface area contributed by atoms with E-state index < -0.39 is 11.9 Å². The van der Waals surface area contributed by atoms with Crippen molar-refractivity contribution in [1.29, 1.82) is 0 Å². The van der Waals surface area contributed by atoms with E-state index in [1.807, 2.05) is 31.2 Å². The van der Waals surface area contributed by atoms with Crippen molar-refractivity contribution in [2.75, 3.05) is 5.32 Å². The van der Waals surface area contributed by atoms with Crippen LogP contribution >= 0.6 is 0 Å². The van der Waals surface area contributed by atoms with Crippen LogP contribution in [-0.2, 0) is 17.9 Å². The molecule has 0 bridgehead atoms. The summed E-state index contributed by atoms with van der Waals surface area (Å²) >= 11 is 0. The first-order valence-corrected chi connectivity index (χ1v) is 7.65. The third kappa shape index (κ3) is 4.11. The summed E-state index contributed by atoms with van der Waals surface area (Å²) < 4.78 is 2.84. The number of benzene rings is 1. The molecule has 0 unspecified atom stereocenters. The number of amides is 1. The molecule has 8 heteroatoms. The molecule has 0 spiro atoms. The smallest absolute Gasteiger partial charge is 0.325 e. The van der Waals surface area contributed by atoms with Gasteiger partial charge in [0.1, 0.15) is 12.2 Å². The number of nitrogens with one attached hydrogen (secondary N) is 1. The van der Waals surface area contributed by atoms with E-state index >= 15 is 0 Å². The Balaban J connectivity index is 1.67. The molecule has 8 nitrogen and oxygen atoms in total. The lowest BCUT2D eigenvalue weighted by Gasteiger charge is -2.05. The van der Waals surface area contributed by atoms with Gasteiger partial charge in [0.25, 0.3) is 5.91 Å². The Morgan fingerprint density at radius 2 is 1.92 bits per heavy atom. The molecular weight excluding hydrogens is 322 g/mol. The largest absolute Gasteiger partial charge is 0.480 e. The van der Waals surface area contributed by atoms with Crippen LogP contribution in [0.2, 0.25) is 0 Å². The summed E-state index contributed by atoms with van der Waals surface area (Å²) in [6.45, 7) is 2.24. The molecule has 3 aromatic rings. The van der Waals surface area contributed by atoms with Crippen molar-refractivity contribution in [3.05, 3.63) is 65.6 Å². The van der Waals surface area contributed by atoms with Crippen molar-refractivity contribution in [1.82, 2.24) is 19.6 Å². The van der Waals surface area contributed by atoms with Crippen LogP contribution < -0.4 is 5.32 Å². The molecular formula is C17H17N5O3. The van der Waals surface area contributed by atoms with Gasteiger partial charge in [-0.1, -0.05) is 29.8 Å². The zero-order valence-electron chi connectivity index (χ0n) is 13.6. The van der Waals surface area contributed by atoms with E-state index in [4.69, 9.17) is 5.11 Å². The summed E-state index contributed by atoms with van der Waals surface area (Å²) in [5.74, 6) is -1.14. The van der Waals surface area contributed by atoms with Crippen LogP contribution in [0.25, 0.3) is 0 Å². The van der Waals surface area contributed by atoms with Gasteiger partial charge in [0.15, 0.2) is 5.82 Å². The number of aryl methyl sites for hydroxylation is 1. The highest BCUT2D eigenvalue weighted by Gasteiger charge is 2.15. The average molecular weight is 339 g/mol. The van der Waals surface area contributed by atoms with Gasteiger partial charge in [0.05, 0.1) is 6.54 Å². The minimum absolute atomic E-state index is 0.162. The van der Waals surface area contributed by atoms with Crippen molar-refractivity contribution in [2.45, 2.75) is 20.0 Å². The first-order valence-electron chi connectivity index (χ1n) is 7.65. The van der Waals surface area contributed by atoms with Gasteiger partial charge in [-0.3, -0.25) is 14.3 Å². The first kappa shape index (κ1) is 16.4. The molecule has 0 radical (unpaired) electrons. The minimum Gasteiger partial charge on any atom is -0.480 e. The molecule has 0 saturated heterocycles. The van der Waals surface area contributed by atoms with Crippen LogP contribution in [0.15, 0.2) is 48.8 Å². The highest BCUT2D eigenvalue weighted by atomic mass is 16.4. The predicted octanol–water partition coefficient (Wildman–Crippen LogP) is 1.77. The molecule has 0 fully saturated rings. The highest BCUT2D eigenvalue weighted by Crippen LogP contribution is 2.10. The van der Waals surface area contributed by atoms with Gasteiger partial charge < -0.3 is 10.4 Å². The molecule has 2 aromatic heterocycles. The van der Waals surface area contributed by atoms with Crippen molar-refractivity contribution < 1.29 is 14.7 Å². The Morgan fingerprint density at radius 3 is 2.64 bits per heavy atom. The molecule has 0 aliphatic heterocycles. The van der Waals surface area contributed by atoms with Gasteiger partial charge in [-0.25, -0.2) is 4.68 Å². The summed E-state index contributed by atoms with van der Waals surface area (Å²) in [7, 11) is 0. The Kier molecular flexibility index (Phi) is 4.60. The number of carbonyl (C=O) groups excluding carboxylic acids is 1. The van der Waals surface area contributed by atoms with Crippen molar-refractivity contribution >= 4 is 17.7 Å². The van der Waals surface area contributed by atoms with Crippen molar-refractivity contribution in [3.8, 4) is 0 Å². The molecule has 25 heavy (non-hydrogen) atoms. The number of carboxylic acids is 1. The van der Waals surface area contributed by atoms with E-state index in [0.717, 1.165) is 10.2 Å². The van der Waals surface area contributed by atoms with E-state index in [-0.39, 0.29) is 12.2 Å². The van der Waals surface area contributed by atoms with Gasteiger partial charge >= 0.3 is 5.97 Å². The minimum atomic E-state index is -1.07. The fourth-order valence-corrected chi connectivity index (χ4v) is 2.36. The third-order valence-electron chi connectivity index (χ3n) is 3.58. The topological polar surface area (TPSA) is 102 Å². The standard InChI is InChI=1S/C17H17N5O3/c1-12-2-4-13(5-3-12)10-21-9-7-15(20-21)19-17(25)14-6-8-18-22(14)11-16(23)24/h2-9H,10-11H2,1H3,(H,23,24)(H,19,20,25). The van der Waals surface area contributed by atoms with Crippen LogP contribution in [0.5, 0.6) is 0 Å². The molecule has 2 N–H and O–H groups in total. The molecule has 0 saturated carbocycles. The van der Waals surface area contributed by atoms with Crippen LogP contribution in [-0.4, -0.2) is 36.5 Å². The lowest BCUT2D eigenvalue weighted by atomic mass is 10.1. The van der Waals surface area contributed by atoms with Crippen LogP contribution in [0.3, 0.4) is 0 Å². The van der Waals surface area contributed by atoms with Gasteiger partial charge in [-0.05, 0) is 18.6 Å². The van der Waals surface area contributed by atoms with Gasteiger partial charge in [0, 0.05) is 18.5 Å². The van der Waals surface area contributed by atoms with E-state index in [2.05, 4.69) is 15.5 Å². The van der Waals surface area contributed by atoms with Crippen LogP contribution in [0.1, 0.15) is 21.6 Å². The molecule has 3 rings (SSSR count). The monoisotopic (exact) mass is 339 g/mol. The quantitative estimate of drug-likeness (QED) is 0.712. The Hall–Kier alpha value is -3.42. The fraction of sp³-hybridized carbons (Fsp3) is 0.176. The summed E-state index contributed by atoms with van der Waals surface area (Å²) in [6, 6.07) is 11.3. The van der Waals surface area contributed by atoms with Crippen molar-refractivity contribution in [2.24, 2.45) is 0 Å². The Labute approximate surface area is 143 Å². The number of carboxylic acid groups (broad SMARTS) is 1. The maximum absolute atomic E-state index is 12.3. The van der Waals surface area contributed by atoms with E-state index in [9.17, 15) is 9.59 Å².